The van der Waals surface area contributed by atoms with Gasteiger partial charge in [-0.25, -0.2) is 4.39 Å². The fourth-order valence-electron chi connectivity index (χ4n) is 1.80. The number of rotatable bonds is 4. The zero-order valence-corrected chi connectivity index (χ0v) is 10.9. The van der Waals surface area contributed by atoms with Crippen LogP contribution >= 0.6 is 0 Å². The van der Waals surface area contributed by atoms with Crippen LogP contribution in [0.4, 0.5) is 4.39 Å². The Bertz CT molecular complexity index is 534. The summed E-state index contributed by atoms with van der Waals surface area (Å²) in [5.41, 5.74) is 1.97. The number of hydrogen-bond acceptors (Lipinski definition) is 2. The predicted octanol–water partition coefficient (Wildman–Crippen LogP) is 3.26. The van der Waals surface area contributed by atoms with E-state index in [1.54, 1.807) is 16.9 Å². The van der Waals surface area contributed by atoms with Gasteiger partial charge in [0.1, 0.15) is 18.2 Å². The van der Waals surface area contributed by atoms with Crippen molar-refractivity contribution >= 4 is 0 Å². The summed E-state index contributed by atoms with van der Waals surface area (Å²) in [4.78, 5) is 0. The molecule has 0 aliphatic heterocycles. The zero-order valence-electron chi connectivity index (χ0n) is 10.9. The van der Waals surface area contributed by atoms with Crippen LogP contribution in [0.5, 0.6) is 5.75 Å². The van der Waals surface area contributed by atoms with Crippen molar-refractivity contribution in [1.29, 1.82) is 0 Å². The summed E-state index contributed by atoms with van der Waals surface area (Å²) in [6, 6.07) is 6.56. The Morgan fingerprint density at radius 3 is 2.72 bits per heavy atom. The zero-order chi connectivity index (χ0) is 13.1. The molecule has 0 N–H and O–H groups in total. The predicted molar refractivity (Wildman–Crippen MR) is 68.0 cm³/mol. The first-order valence-electron chi connectivity index (χ1n) is 5.97. The molecule has 0 atom stereocenters. The van der Waals surface area contributed by atoms with Crippen molar-refractivity contribution in [2.75, 3.05) is 0 Å². The minimum atomic E-state index is -0.278. The van der Waals surface area contributed by atoms with E-state index in [1.165, 1.54) is 12.1 Å². The second-order valence-electron chi connectivity index (χ2n) is 4.57. The second-order valence-corrected chi connectivity index (χ2v) is 4.57. The molecule has 1 heterocycles. The normalized spacial score (nSPS) is 10.9. The molecule has 0 aliphatic rings. The molecular weight excluding hydrogens is 231 g/mol. The maximum Gasteiger partial charge on any atom is 0.130 e. The molecule has 3 nitrogen and oxygen atoms in total. The summed E-state index contributed by atoms with van der Waals surface area (Å²) in [6.07, 6.45) is 1.72. The highest BCUT2D eigenvalue weighted by molar-refractivity contribution is 5.36. The molecule has 1 aromatic carbocycles. The van der Waals surface area contributed by atoms with Crippen LogP contribution in [-0.2, 0) is 13.7 Å². The van der Waals surface area contributed by atoms with E-state index >= 15 is 0 Å². The van der Waals surface area contributed by atoms with Crippen molar-refractivity contribution in [3.05, 3.63) is 47.5 Å². The molecule has 0 unspecified atom stereocenters. The Labute approximate surface area is 106 Å². The topological polar surface area (TPSA) is 27.1 Å². The summed E-state index contributed by atoms with van der Waals surface area (Å²) in [6.45, 7) is 4.51. The molecule has 0 aliphatic carbocycles. The van der Waals surface area contributed by atoms with Crippen molar-refractivity contribution < 1.29 is 9.13 Å². The highest BCUT2D eigenvalue weighted by Crippen LogP contribution is 2.27. The van der Waals surface area contributed by atoms with Crippen LogP contribution in [0.2, 0.25) is 0 Å². The summed E-state index contributed by atoms with van der Waals surface area (Å²) >= 11 is 0. The van der Waals surface area contributed by atoms with Gasteiger partial charge in [0.2, 0.25) is 0 Å². The molecule has 0 radical (unpaired) electrons. The summed E-state index contributed by atoms with van der Waals surface area (Å²) in [5.74, 6) is 0.623. The second kappa shape index (κ2) is 5.21. The smallest absolute Gasteiger partial charge is 0.130 e. The van der Waals surface area contributed by atoms with Gasteiger partial charge in [0.15, 0.2) is 0 Å². The van der Waals surface area contributed by atoms with Gasteiger partial charge in [-0.2, -0.15) is 5.10 Å². The Balaban J connectivity index is 2.18. The Kier molecular flexibility index (Phi) is 3.65. The SMILES string of the molecule is CC(C)c1ccc(F)cc1OCc1ccnn1C. The lowest BCUT2D eigenvalue weighted by molar-refractivity contribution is 0.289. The first kappa shape index (κ1) is 12.6. The van der Waals surface area contributed by atoms with E-state index in [0.29, 0.717) is 18.3 Å². The summed E-state index contributed by atoms with van der Waals surface area (Å²) in [5, 5.41) is 4.07. The van der Waals surface area contributed by atoms with Gasteiger partial charge in [0, 0.05) is 19.3 Å². The van der Waals surface area contributed by atoms with Crippen molar-refractivity contribution in [2.24, 2.45) is 7.05 Å². The third kappa shape index (κ3) is 2.70. The number of aromatic nitrogens is 2. The fourth-order valence-corrected chi connectivity index (χ4v) is 1.80. The van der Waals surface area contributed by atoms with Gasteiger partial charge in [-0.05, 0) is 23.6 Å². The third-order valence-electron chi connectivity index (χ3n) is 2.90. The van der Waals surface area contributed by atoms with E-state index < -0.39 is 0 Å². The maximum absolute atomic E-state index is 13.3. The quantitative estimate of drug-likeness (QED) is 0.830. The molecule has 0 saturated heterocycles. The number of aryl methyl sites for hydroxylation is 1. The average Bonchev–Trinajstić information content (AvgIpc) is 2.72. The number of nitrogens with zero attached hydrogens (tertiary/aromatic N) is 2. The van der Waals surface area contributed by atoms with Gasteiger partial charge >= 0.3 is 0 Å². The van der Waals surface area contributed by atoms with E-state index in [1.807, 2.05) is 13.1 Å². The minimum Gasteiger partial charge on any atom is -0.487 e. The fraction of sp³-hybridized carbons (Fsp3) is 0.357. The van der Waals surface area contributed by atoms with Crippen LogP contribution in [0.3, 0.4) is 0 Å². The molecule has 96 valence electrons. The van der Waals surface area contributed by atoms with Crippen molar-refractivity contribution in [3.8, 4) is 5.75 Å². The molecule has 18 heavy (non-hydrogen) atoms. The standard InChI is InChI=1S/C14H17FN2O/c1-10(2)13-5-4-11(15)8-14(13)18-9-12-6-7-16-17(12)3/h4-8,10H,9H2,1-3H3. The highest BCUT2D eigenvalue weighted by atomic mass is 19.1. The number of halogens is 1. The van der Waals surface area contributed by atoms with E-state index in [0.717, 1.165) is 11.3 Å². The lowest BCUT2D eigenvalue weighted by Gasteiger charge is -2.14. The Morgan fingerprint density at radius 1 is 1.33 bits per heavy atom. The molecule has 2 aromatic rings. The third-order valence-corrected chi connectivity index (χ3v) is 2.90. The Hall–Kier alpha value is -1.84. The molecule has 0 spiro atoms. The maximum atomic E-state index is 13.3. The van der Waals surface area contributed by atoms with Crippen LogP contribution < -0.4 is 4.74 Å². The Morgan fingerprint density at radius 2 is 2.11 bits per heavy atom. The summed E-state index contributed by atoms with van der Waals surface area (Å²) in [7, 11) is 1.85. The molecular formula is C14H17FN2O. The first-order valence-corrected chi connectivity index (χ1v) is 5.97. The number of ether oxygens (including phenoxy) is 1. The van der Waals surface area contributed by atoms with Gasteiger partial charge in [0.25, 0.3) is 0 Å². The minimum absolute atomic E-state index is 0.278. The van der Waals surface area contributed by atoms with Gasteiger partial charge in [-0.1, -0.05) is 19.9 Å². The first-order chi connectivity index (χ1) is 8.58. The number of benzene rings is 1. The molecule has 0 saturated carbocycles. The van der Waals surface area contributed by atoms with Crippen LogP contribution in [0.1, 0.15) is 31.0 Å². The molecule has 0 bridgehead atoms. The lowest BCUT2D eigenvalue weighted by Crippen LogP contribution is -2.05. The number of hydrogen-bond donors (Lipinski definition) is 0. The van der Waals surface area contributed by atoms with Gasteiger partial charge in [-0.15, -0.1) is 0 Å². The monoisotopic (exact) mass is 248 g/mol. The van der Waals surface area contributed by atoms with Crippen LogP contribution in [0.25, 0.3) is 0 Å². The van der Waals surface area contributed by atoms with Crippen molar-refractivity contribution in [2.45, 2.75) is 26.4 Å². The van der Waals surface area contributed by atoms with E-state index in [9.17, 15) is 4.39 Å². The van der Waals surface area contributed by atoms with Crippen LogP contribution in [-0.4, -0.2) is 9.78 Å². The largest absolute Gasteiger partial charge is 0.487 e. The molecule has 0 amide bonds. The van der Waals surface area contributed by atoms with Gasteiger partial charge < -0.3 is 4.74 Å². The molecule has 4 heteroatoms. The molecule has 0 fully saturated rings. The molecule has 1 aromatic heterocycles. The van der Waals surface area contributed by atoms with Crippen LogP contribution in [0, 0.1) is 5.82 Å². The lowest BCUT2D eigenvalue weighted by atomic mass is 10.0. The van der Waals surface area contributed by atoms with Crippen molar-refractivity contribution in [3.63, 3.8) is 0 Å². The summed E-state index contributed by atoms with van der Waals surface area (Å²) < 4.78 is 20.7. The van der Waals surface area contributed by atoms with E-state index in [-0.39, 0.29) is 5.82 Å². The van der Waals surface area contributed by atoms with Crippen LogP contribution in [0.15, 0.2) is 30.5 Å². The average molecular weight is 248 g/mol. The highest BCUT2D eigenvalue weighted by Gasteiger charge is 2.10. The van der Waals surface area contributed by atoms with E-state index in [4.69, 9.17) is 4.74 Å². The van der Waals surface area contributed by atoms with E-state index in [2.05, 4.69) is 18.9 Å². The molecule has 2 rings (SSSR count). The van der Waals surface area contributed by atoms with Crippen molar-refractivity contribution in [1.82, 2.24) is 9.78 Å². The van der Waals surface area contributed by atoms with Gasteiger partial charge in [-0.3, -0.25) is 4.68 Å². The van der Waals surface area contributed by atoms with Gasteiger partial charge in [0.05, 0.1) is 5.69 Å².